The van der Waals surface area contributed by atoms with Crippen molar-refractivity contribution in [1.82, 2.24) is 4.90 Å². The molecule has 0 radical (unpaired) electrons. The highest BCUT2D eigenvalue weighted by Gasteiger charge is 2.09. The first-order valence-corrected chi connectivity index (χ1v) is 5.78. The lowest BCUT2D eigenvalue weighted by Crippen LogP contribution is -2.31. The van der Waals surface area contributed by atoms with Gasteiger partial charge in [0.25, 0.3) is 0 Å². The molecular formula is C11H17NOS. The van der Waals surface area contributed by atoms with Crippen molar-refractivity contribution in [2.45, 2.75) is 25.8 Å². The van der Waals surface area contributed by atoms with Gasteiger partial charge in [-0.15, -0.1) is 11.3 Å². The van der Waals surface area contributed by atoms with Gasteiger partial charge >= 0.3 is 0 Å². The third-order valence-electron chi connectivity index (χ3n) is 2.43. The fourth-order valence-electron chi connectivity index (χ4n) is 1.35. The van der Waals surface area contributed by atoms with Crippen LogP contribution >= 0.6 is 11.3 Å². The summed E-state index contributed by atoms with van der Waals surface area (Å²) in [7, 11) is 2.07. The van der Waals surface area contributed by atoms with E-state index < -0.39 is 0 Å². The van der Waals surface area contributed by atoms with Gasteiger partial charge in [0, 0.05) is 23.9 Å². The number of hydrogen-bond acceptors (Lipinski definition) is 3. The quantitative estimate of drug-likeness (QED) is 0.672. The van der Waals surface area contributed by atoms with Crippen LogP contribution in [-0.4, -0.2) is 30.8 Å². The summed E-state index contributed by atoms with van der Waals surface area (Å²) in [6.45, 7) is 3.06. The molecule has 1 unspecified atom stereocenters. The molecule has 14 heavy (non-hydrogen) atoms. The van der Waals surface area contributed by atoms with Crippen LogP contribution in [0.4, 0.5) is 0 Å². The fraction of sp³-hybridized carbons (Fsp3) is 0.545. The van der Waals surface area contributed by atoms with Crippen molar-refractivity contribution in [2.75, 3.05) is 13.6 Å². The second-order valence-corrected chi connectivity index (χ2v) is 4.60. The van der Waals surface area contributed by atoms with Gasteiger partial charge in [-0.25, -0.2) is 0 Å². The van der Waals surface area contributed by atoms with E-state index in [0.717, 1.165) is 19.3 Å². The van der Waals surface area contributed by atoms with Gasteiger partial charge in [-0.1, -0.05) is 6.07 Å². The molecule has 3 heteroatoms. The van der Waals surface area contributed by atoms with Gasteiger partial charge in [0.2, 0.25) is 0 Å². The molecule has 0 aromatic carbocycles. The van der Waals surface area contributed by atoms with E-state index in [1.165, 1.54) is 4.88 Å². The lowest BCUT2D eigenvalue weighted by atomic mass is 10.2. The van der Waals surface area contributed by atoms with Crippen LogP contribution in [-0.2, 0) is 11.2 Å². The molecule has 0 aliphatic carbocycles. The summed E-state index contributed by atoms with van der Waals surface area (Å²) < 4.78 is 0. The Labute approximate surface area is 89.5 Å². The lowest BCUT2D eigenvalue weighted by molar-refractivity contribution is -0.108. The predicted molar refractivity (Wildman–Crippen MR) is 60.8 cm³/mol. The van der Waals surface area contributed by atoms with E-state index in [0.29, 0.717) is 12.5 Å². The molecule has 0 bridgehead atoms. The molecule has 0 amide bonds. The highest BCUT2D eigenvalue weighted by Crippen LogP contribution is 2.13. The first kappa shape index (κ1) is 11.4. The van der Waals surface area contributed by atoms with Crippen LogP contribution in [0, 0.1) is 0 Å². The average Bonchev–Trinajstić information content (AvgIpc) is 2.66. The monoisotopic (exact) mass is 211 g/mol. The maximum absolute atomic E-state index is 10.2. The lowest BCUT2D eigenvalue weighted by Gasteiger charge is -2.23. The molecule has 0 saturated heterocycles. The molecule has 1 aromatic heterocycles. The molecule has 0 spiro atoms. The SMILES string of the molecule is CC(Cc1cccs1)N(C)CCC=O. The minimum atomic E-state index is 0.508. The number of carbonyl (C=O) groups is 1. The van der Waals surface area contributed by atoms with Crippen LogP contribution in [0.3, 0.4) is 0 Å². The summed E-state index contributed by atoms with van der Waals surface area (Å²) in [5, 5.41) is 2.10. The second-order valence-electron chi connectivity index (χ2n) is 3.57. The largest absolute Gasteiger partial charge is 0.303 e. The van der Waals surface area contributed by atoms with Gasteiger partial charge < -0.3 is 9.69 Å². The number of rotatable bonds is 6. The average molecular weight is 211 g/mol. The molecule has 1 rings (SSSR count). The first-order valence-electron chi connectivity index (χ1n) is 4.90. The van der Waals surface area contributed by atoms with Crippen molar-refractivity contribution in [3.05, 3.63) is 22.4 Å². The van der Waals surface area contributed by atoms with Crippen LogP contribution in [0.5, 0.6) is 0 Å². The molecule has 2 nitrogen and oxygen atoms in total. The Morgan fingerprint density at radius 3 is 3.00 bits per heavy atom. The summed E-state index contributed by atoms with van der Waals surface area (Å²) in [6, 6.07) is 4.75. The van der Waals surface area contributed by atoms with E-state index >= 15 is 0 Å². The summed E-state index contributed by atoms with van der Waals surface area (Å²) in [5.74, 6) is 0. The van der Waals surface area contributed by atoms with Crippen molar-refractivity contribution in [2.24, 2.45) is 0 Å². The third-order valence-corrected chi connectivity index (χ3v) is 3.33. The molecule has 0 fully saturated rings. The smallest absolute Gasteiger partial charge is 0.121 e. The molecule has 0 aliphatic rings. The maximum Gasteiger partial charge on any atom is 0.121 e. The highest BCUT2D eigenvalue weighted by molar-refractivity contribution is 7.09. The zero-order valence-electron chi connectivity index (χ0n) is 8.77. The predicted octanol–water partition coefficient (Wildman–Crippen LogP) is 2.20. The molecule has 0 saturated carbocycles. The summed E-state index contributed by atoms with van der Waals surface area (Å²) in [5.41, 5.74) is 0. The van der Waals surface area contributed by atoms with Gasteiger partial charge in [0.15, 0.2) is 0 Å². The Morgan fingerprint density at radius 2 is 2.43 bits per heavy atom. The topological polar surface area (TPSA) is 20.3 Å². The minimum absolute atomic E-state index is 0.508. The molecule has 0 aliphatic heterocycles. The summed E-state index contributed by atoms with van der Waals surface area (Å²) >= 11 is 1.80. The van der Waals surface area contributed by atoms with Crippen molar-refractivity contribution in [3.8, 4) is 0 Å². The summed E-state index contributed by atoms with van der Waals surface area (Å²) in [6.07, 6.45) is 2.69. The van der Waals surface area contributed by atoms with E-state index in [9.17, 15) is 4.79 Å². The summed E-state index contributed by atoms with van der Waals surface area (Å²) in [4.78, 5) is 13.9. The van der Waals surface area contributed by atoms with Crippen molar-refractivity contribution < 1.29 is 4.79 Å². The van der Waals surface area contributed by atoms with Gasteiger partial charge in [-0.2, -0.15) is 0 Å². The maximum atomic E-state index is 10.2. The number of thiophene rings is 1. The number of hydrogen-bond donors (Lipinski definition) is 0. The van der Waals surface area contributed by atoms with Gasteiger partial charge in [0.05, 0.1) is 0 Å². The zero-order valence-corrected chi connectivity index (χ0v) is 9.59. The molecule has 1 atom stereocenters. The van der Waals surface area contributed by atoms with Crippen molar-refractivity contribution in [3.63, 3.8) is 0 Å². The third kappa shape index (κ3) is 3.60. The van der Waals surface area contributed by atoms with E-state index in [2.05, 4.69) is 36.4 Å². The van der Waals surface area contributed by atoms with Crippen LogP contribution < -0.4 is 0 Å². The molecule has 1 heterocycles. The van der Waals surface area contributed by atoms with E-state index in [-0.39, 0.29) is 0 Å². The van der Waals surface area contributed by atoms with E-state index in [4.69, 9.17) is 0 Å². The minimum Gasteiger partial charge on any atom is -0.303 e. The Balaban J connectivity index is 2.33. The fourth-order valence-corrected chi connectivity index (χ4v) is 2.18. The van der Waals surface area contributed by atoms with Crippen molar-refractivity contribution >= 4 is 17.6 Å². The molecular weight excluding hydrogens is 194 g/mol. The normalized spacial score (nSPS) is 13.1. The number of aldehydes is 1. The van der Waals surface area contributed by atoms with Crippen LogP contribution in [0.15, 0.2) is 17.5 Å². The van der Waals surface area contributed by atoms with Crippen LogP contribution in [0.1, 0.15) is 18.2 Å². The molecule has 78 valence electrons. The highest BCUT2D eigenvalue weighted by atomic mass is 32.1. The number of nitrogens with zero attached hydrogens (tertiary/aromatic N) is 1. The van der Waals surface area contributed by atoms with Gasteiger partial charge in [0.1, 0.15) is 6.29 Å². The van der Waals surface area contributed by atoms with E-state index in [1.807, 2.05) is 0 Å². The Morgan fingerprint density at radius 1 is 1.64 bits per heavy atom. The molecule has 1 aromatic rings. The van der Waals surface area contributed by atoms with Gasteiger partial charge in [-0.05, 0) is 31.8 Å². The number of likely N-dealkylation sites (N-methyl/N-ethyl adjacent to an activating group) is 1. The Kier molecular flexibility index (Phi) is 4.84. The van der Waals surface area contributed by atoms with Gasteiger partial charge in [-0.3, -0.25) is 0 Å². The van der Waals surface area contributed by atoms with E-state index in [1.54, 1.807) is 11.3 Å². The Hall–Kier alpha value is -0.670. The van der Waals surface area contributed by atoms with Crippen LogP contribution in [0.2, 0.25) is 0 Å². The van der Waals surface area contributed by atoms with Crippen molar-refractivity contribution in [1.29, 1.82) is 0 Å². The standard InChI is InChI=1S/C11H17NOS/c1-10(12(2)6-4-7-13)9-11-5-3-8-14-11/h3,5,7-8,10H,4,6,9H2,1-2H3. The van der Waals surface area contributed by atoms with Crippen LogP contribution in [0.25, 0.3) is 0 Å². The number of carbonyl (C=O) groups excluding carboxylic acids is 1. The zero-order chi connectivity index (χ0) is 10.4. The molecule has 0 N–H and O–H groups in total. The Bertz CT molecular complexity index is 258. The second kappa shape index (κ2) is 5.94. The first-order chi connectivity index (χ1) is 6.74.